The van der Waals surface area contributed by atoms with Crippen molar-refractivity contribution in [3.63, 3.8) is 0 Å². The van der Waals surface area contributed by atoms with Crippen molar-refractivity contribution in [2.75, 3.05) is 0 Å². The quantitative estimate of drug-likeness (QED) is 0.923. The number of aryl methyl sites for hydroxylation is 2. The summed E-state index contributed by atoms with van der Waals surface area (Å²) < 4.78 is 15.8. The lowest BCUT2D eigenvalue weighted by Crippen LogP contribution is -2.26. The van der Waals surface area contributed by atoms with E-state index in [-0.39, 0.29) is 5.82 Å². The summed E-state index contributed by atoms with van der Waals surface area (Å²) in [6, 6.07) is 5.95. The van der Waals surface area contributed by atoms with Crippen LogP contribution in [-0.4, -0.2) is 14.9 Å². The Morgan fingerprint density at radius 3 is 2.50 bits per heavy atom. The number of benzene rings is 1. The van der Waals surface area contributed by atoms with Gasteiger partial charge >= 0.3 is 0 Å². The fraction of sp³-hybridized carbons (Fsp3) is 0.400. The molecule has 0 radical (unpaired) electrons. The van der Waals surface area contributed by atoms with Crippen LogP contribution >= 0.6 is 15.9 Å². The molecule has 0 saturated heterocycles. The van der Waals surface area contributed by atoms with Crippen LogP contribution in [0.2, 0.25) is 0 Å². The smallest absolute Gasteiger partial charge is 0.123 e. The SMILES string of the molecule is CCn1nc(C)c(Br)c1CC(C)(O)c1ccc(F)cc1. The molecule has 2 aromatic rings. The van der Waals surface area contributed by atoms with Gasteiger partial charge in [-0.3, -0.25) is 4.68 Å². The molecule has 1 unspecified atom stereocenters. The fourth-order valence-corrected chi connectivity index (χ4v) is 2.70. The van der Waals surface area contributed by atoms with E-state index < -0.39 is 5.60 Å². The molecule has 0 saturated carbocycles. The van der Waals surface area contributed by atoms with E-state index in [9.17, 15) is 9.50 Å². The maximum absolute atomic E-state index is 13.0. The van der Waals surface area contributed by atoms with E-state index in [2.05, 4.69) is 21.0 Å². The fourth-order valence-electron chi connectivity index (χ4n) is 2.27. The Bertz CT molecular complexity index is 605. The van der Waals surface area contributed by atoms with Gasteiger partial charge in [-0.05, 0) is 54.4 Å². The number of nitrogens with zero attached hydrogens (tertiary/aromatic N) is 2. The summed E-state index contributed by atoms with van der Waals surface area (Å²) in [5.41, 5.74) is 1.46. The lowest BCUT2D eigenvalue weighted by molar-refractivity contribution is 0.0551. The van der Waals surface area contributed by atoms with Crippen molar-refractivity contribution in [2.24, 2.45) is 0 Å². The summed E-state index contributed by atoms with van der Waals surface area (Å²) in [5.74, 6) is -0.305. The zero-order valence-electron chi connectivity index (χ0n) is 11.8. The number of halogens is 2. The summed E-state index contributed by atoms with van der Waals surface area (Å²) in [7, 11) is 0. The molecule has 2 rings (SSSR count). The Morgan fingerprint density at radius 2 is 1.95 bits per heavy atom. The van der Waals surface area contributed by atoms with Crippen molar-refractivity contribution in [1.82, 2.24) is 9.78 Å². The molecule has 1 atom stereocenters. The molecule has 3 nitrogen and oxygen atoms in total. The van der Waals surface area contributed by atoms with Gasteiger partial charge in [0.25, 0.3) is 0 Å². The van der Waals surface area contributed by atoms with Crippen LogP contribution in [0.4, 0.5) is 4.39 Å². The topological polar surface area (TPSA) is 38.0 Å². The van der Waals surface area contributed by atoms with Crippen LogP contribution in [0.25, 0.3) is 0 Å². The van der Waals surface area contributed by atoms with Crippen LogP contribution in [0.15, 0.2) is 28.7 Å². The van der Waals surface area contributed by atoms with Gasteiger partial charge in [-0.15, -0.1) is 0 Å². The minimum absolute atomic E-state index is 0.305. The molecule has 0 amide bonds. The van der Waals surface area contributed by atoms with Crippen molar-refractivity contribution >= 4 is 15.9 Å². The van der Waals surface area contributed by atoms with E-state index in [4.69, 9.17) is 0 Å². The third kappa shape index (κ3) is 2.94. The third-order valence-electron chi connectivity index (χ3n) is 3.43. The maximum Gasteiger partial charge on any atom is 0.123 e. The van der Waals surface area contributed by atoms with Crippen LogP contribution in [0, 0.1) is 12.7 Å². The lowest BCUT2D eigenvalue weighted by atomic mass is 9.91. The van der Waals surface area contributed by atoms with Crippen molar-refractivity contribution in [2.45, 2.75) is 39.3 Å². The molecular weight excluding hydrogens is 323 g/mol. The van der Waals surface area contributed by atoms with Gasteiger partial charge in [0.05, 0.1) is 21.5 Å². The first kappa shape index (κ1) is 15.2. The first-order valence-electron chi connectivity index (χ1n) is 6.55. The van der Waals surface area contributed by atoms with Crippen LogP contribution < -0.4 is 0 Å². The van der Waals surface area contributed by atoms with Gasteiger partial charge in [-0.1, -0.05) is 12.1 Å². The van der Waals surface area contributed by atoms with Gasteiger partial charge in [0.2, 0.25) is 0 Å². The van der Waals surface area contributed by atoms with Gasteiger partial charge in [0, 0.05) is 13.0 Å². The number of hydrogen-bond donors (Lipinski definition) is 1. The highest BCUT2D eigenvalue weighted by Gasteiger charge is 2.27. The van der Waals surface area contributed by atoms with E-state index in [0.717, 1.165) is 22.4 Å². The standard InChI is InChI=1S/C15H18BrFN2O/c1-4-19-13(14(16)10(2)18-19)9-15(3,20)11-5-7-12(17)8-6-11/h5-8,20H,4,9H2,1-3H3. The van der Waals surface area contributed by atoms with E-state index in [1.807, 2.05) is 18.5 Å². The van der Waals surface area contributed by atoms with Crippen LogP contribution in [-0.2, 0) is 18.6 Å². The van der Waals surface area contributed by atoms with Crippen LogP contribution in [0.1, 0.15) is 30.8 Å². The highest BCUT2D eigenvalue weighted by atomic mass is 79.9. The van der Waals surface area contributed by atoms with E-state index in [1.54, 1.807) is 19.1 Å². The molecule has 0 aliphatic rings. The van der Waals surface area contributed by atoms with Crippen molar-refractivity contribution in [3.05, 3.63) is 51.5 Å². The average Bonchev–Trinajstić information content (AvgIpc) is 2.66. The molecule has 0 fully saturated rings. The molecule has 108 valence electrons. The first-order chi connectivity index (χ1) is 9.35. The Hall–Kier alpha value is -1.20. The molecular formula is C15H18BrFN2O. The second-order valence-electron chi connectivity index (χ2n) is 5.12. The van der Waals surface area contributed by atoms with Crippen molar-refractivity contribution in [3.8, 4) is 0 Å². The number of hydrogen-bond acceptors (Lipinski definition) is 2. The summed E-state index contributed by atoms with van der Waals surface area (Å²) in [6.45, 7) is 6.40. The van der Waals surface area contributed by atoms with Gasteiger partial charge < -0.3 is 5.11 Å². The molecule has 1 aromatic carbocycles. The van der Waals surface area contributed by atoms with Crippen molar-refractivity contribution in [1.29, 1.82) is 0 Å². The van der Waals surface area contributed by atoms with Crippen LogP contribution in [0.5, 0.6) is 0 Å². The Morgan fingerprint density at radius 1 is 1.35 bits per heavy atom. The first-order valence-corrected chi connectivity index (χ1v) is 7.34. The maximum atomic E-state index is 13.0. The van der Waals surface area contributed by atoms with E-state index in [1.165, 1.54) is 12.1 Å². The molecule has 0 bridgehead atoms. The monoisotopic (exact) mass is 340 g/mol. The molecule has 20 heavy (non-hydrogen) atoms. The number of rotatable bonds is 4. The molecule has 0 aliphatic carbocycles. The normalized spacial score (nSPS) is 14.3. The molecule has 0 aliphatic heterocycles. The summed E-state index contributed by atoms with van der Waals surface area (Å²) >= 11 is 3.52. The third-order valence-corrected chi connectivity index (χ3v) is 4.46. The average molecular weight is 341 g/mol. The Balaban J connectivity index is 2.35. The minimum atomic E-state index is -1.07. The zero-order chi connectivity index (χ0) is 14.9. The predicted octanol–water partition coefficient (Wildman–Crippen LogP) is 3.56. The zero-order valence-corrected chi connectivity index (χ0v) is 13.4. The summed E-state index contributed by atoms with van der Waals surface area (Å²) in [4.78, 5) is 0. The highest BCUT2D eigenvalue weighted by Crippen LogP contribution is 2.30. The van der Waals surface area contributed by atoms with Gasteiger partial charge in [-0.2, -0.15) is 5.10 Å². The van der Waals surface area contributed by atoms with E-state index >= 15 is 0 Å². The highest BCUT2D eigenvalue weighted by molar-refractivity contribution is 9.10. The Labute approximate surface area is 126 Å². The molecule has 1 N–H and O–H groups in total. The second-order valence-corrected chi connectivity index (χ2v) is 5.91. The van der Waals surface area contributed by atoms with Crippen LogP contribution in [0.3, 0.4) is 0 Å². The molecule has 5 heteroatoms. The Kier molecular flexibility index (Phi) is 4.30. The predicted molar refractivity (Wildman–Crippen MR) is 80.0 cm³/mol. The summed E-state index contributed by atoms with van der Waals surface area (Å²) in [6.07, 6.45) is 0.411. The van der Waals surface area contributed by atoms with Gasteiger partial charge in [-0.25, -0.2) is 4.39 Å². The lowest BCUT2D eigenvalue weighted by Gasteiger charge is -2.24. The molecule has 0 spiro atoms. The molecule has 1 aromatic heterocycles. The molecule has 1 heterocycles. The number of aromatic nitrogens is 2. The van der Waals surface area contributed by atoms with Crippen molar-refractivity contribution < 1.29 is 9.50 Å². The number of aliphatic hydroxyl groups is 1. The van der Waals surface area contributed by atoms with Gasteiger partial charge in [0.15, 0.2) is 0 Å². The minimum Gasteiger partial charge on any atom is -0.385 e. The van der Waals surface area contributed by atoms with Gasteiger partial charge in [0.1, 0.15) is 5.82 Å². The van der Waals surface area contributed by atoms with E-state index in [0.29, 0.717) is 12.0 Å². The summed E-state index contributed by atoms with van der Waals surface area (Å²) in [5, 5.41) is 15.1. The largest absolute Gasteiger partial charge is 0.385 e. The second kappa shape index (κ2) is 5.66.